The number of sulfonamides is 1. The Labute approximate surface area is 143 Å². The van der Waals surface area contributed by atoms with E-state index in [0.29, 0.717) is 22.2 Å². The van der Waals surface area contributed by atoms with E-state index in [2.05, 4.69) is 10.2 Å². The molecule has 1 aliphatic rings. The highest BCUT2D eigenvalue weighted by Gasteiger charge is 2.41. The molecular formula is C14H15ClN4O4S. The number of hydrogen-bond acceptors (Lipinski definition) is 5. The van der Waals surface area contributed by atoms with E-state index in [4.69, 9.17) is 11.6 Å². The molecule has 0 amide bonds. The molecule has 128 valence electrons. The summed E-state index contributed by atoms with van der Waals surface area (Å²) in [6, 6.07) is 3.15. The van der Waals surface area contributed by atoms with Crippen LogP contribution in [0.2, 0.25) is 5.02 Å². The Bertz CT molecular complexity index is 925. The summed E-state index contributed by atoms with van der Waals surface area (Å²) in [5, 5.41) is 17.7. The van der Waals surface area contributed by atoms with Gasteiger partial charge in [0.05, 0.1) is 18.0 Å². The predicted octanol–water partition coefficient (Wildman–Crippen LogP) is 1.21. The molecule has 2 heterocycles. The van der Waals surface area contributed by atoms with Crippen LogP contribution in [0.1, 0.15) is 17.2 Å². The van der Waals surface area contributed by atoms with Gasteiger partial charge in [-0.15, -0.1) is 10.2 Å². The average molecular weight is 371 g/mol. The maximum absolute atomic E-state index is 13.0. The zero-order valence-corrected chi connectivity index (χ0v) is 14.5. The molecular weight excluding hydrogens is 356 g/mol. The third kappa shape index (κ3) is 2.68. The van der Waals surface area contributed by atoms with Crippen LogP contribution in [-0.2, 0) is 27.9 Å². The van der Waals surface area contributed by atoms with Gasteiger partial charge in [0.1, 0.15) is 17.7 Å². The third-order valence-corrected chi connectivity index (χ3v) is 6.27. The maximum atomic E-state index is 13.0. The lowest BCUT2D eigenvalue weighted by atomic mass is 10.2. The number of aliphatic carboxylic acids is 1. The first kappa shape index (κ1) is 16.9. The Morgan fingerprint density at radius 3 is 2.67 bits per heavy atom. The molecule has 1 aliphatic heterocycles. The second-order valence-electron chi connectivity index (χ2n) is 5.59. The minimum Gasteiger partial charge on any atom is -0.480 e. The highest BCUT2D eigenvalue weighted by Crippen LogP contribution is 2.28. The average Bonchev–Trinajstić information content (AvgIpc) is 2.86. The van der Waals surface area contributed by atoms with Crippen molar-refractivity contribution in [2.75, 3.05) is 0 Å². The van der Waals surface area contributed by atoms with Gasteiger partial charge in [-0.2, -0.15) is 4.31 Å². The minimum atomic E-state index is -4.02. The molecule has 3 rings (SSSR count). The zero-order chi connectivity index (χ0) is 17.6. The summed E-state index contributed by atoms with van der Waals surface area (Å²) >= 11 is 5.88. The van der Waals surface area contributed by atoms with E-state index in [-0.39, 0.29) is 18.0 Å². The summed E-state index contributed by atoms with van der Waals surface area (Å²) in [4.78, 5) is 11.7. The van der Waals surface area contributed by atoms with Crippen LogP contribution in [0.25, 0.3) is 0 Å². The Morgan fingerprint density at radius 1 is 1.33 bits per heavy atom. The molecule has 1 aromatic carbocycles. The number of fused-ring (bicyclic) bond motifs is 1. The monoisotopic (exact) mass is 370 g/mol. The van der Waals surface area contributed by atoms with E-state index in [1.54, 1.807) is 18.4 Å². The van der Waals surface area contributed by atoms with Crippen LogP contribution in [0.15, 0.2) is 23.1 Å². The Kier molecular flexibility index (Phi) is 4.10. The van der Waals surface area contributed by atoms with Gasteiger partial charge in [0.15, 0.2) is 0 Å². The van der Waals surface area contributed by atoms with Crippen LogP contribution in [0, 0.1) is 13.8 Å². The lowest BCUT2D eigenvalue weighted by molar-refractivity contribution is -0.142. The van der Waals surface area contributed by atoms with E-state index >= 15 is 0 Å². The van der Waals surface area contributed by atoms with Crippen molar-refractivity contribution in [1.29, 1.82) is 0 Å². The largest absolute Gasteiger partial charge is 0.480 e. The van der Waals surface area contributed by atoms with E-state index in [1.165, 1.54) is 18.2 Å². The number of aryl methyl sites for hydroxylation is 2. The number of carbonyl (C=O) groups is 1. The summed E-state index contributed by atoms with van der Waals surface area (Å²) in [5.74, 6) is -0.250. The molecule has 24 heavy (non-hydrogen) atoms. The molecule has 1 unspecified atom stereocenters. The smallest absolute Gasteiger partial charge is 0.323 e. The molecule has 0 saturated carbocycles. The van der Waals surface area contributed by atoms with Gasteiger partial charge < -0.3 is 9.67 Å². The molecule has 1 atom stereocenters. The van der Waals surface area contributed by atoms with Crippen molar-refractivity contribution in [2.24, 2.45) is 0 Å². The first-order valence-corrected chi connectivity index (χ1v) is 8.93. The molecule has 0 fully saturated rings. The van der Waals surface area contributed by atoms with E-state index in [9.17, 15) is 18.3 Å². The molecule has 0 aliphatic carbocycles. The second kappa shape index (κ2) is 5.83. The van der Waals surface area contributed by atoms with Crippen molar-refractivity contribution in [1.82, 2.24) is 19.1 Å². The highest BCUT2D eigenvalue weighted by molar-refractivity contribution is 7.89. The molecule has 0 spiro atoms. The Morgan fingerprint density at radius 2 is 2.04 bits per heavy atom. The van der Waals surface area contributed by atoms with Crippen molar-refractivity contribution in [3.63, 3.8) is 0 Å². The SMILES string of the molecule is Cc1cc(Cl)ccc1S(=O)(=O)N1Cc2nnc(C)n2CC1C(=O)O. The van der Waals surface area contributed by atoms with Crippen LogP contribution in [0.5, 0.6) is 0 Å². The lowest BCUT2D eigenvalue weighted by Gasteiger charge is -2.32. The van der Waals surface area contributed by atoms with Crippen molar-refractivity contribution in [3.05, 3.63) is 40.4 Å². The molecule has 0 radical (unpaired) electrons. The fraction of sp³-hybridized carbons (Fsp3) is 0.357. The number of halogens is 1. The quantitative estimate of drug-likeness (QED) is 0.870. The number of aromatic nitrogens is 3. The fourth-order valence-electron chi connectivity index (χ4n) is 2.78. The first-order chi connectivity index (χ1) is 11.2. The normalized spacial score (nSPS) is 18.4. The van der Waals surface area contributed by atoms with Crippen LogP contribution in [0.3, 0.4) is 0 Å². The van der Waals surface area contributed by atoms with Gasteiger partial charge in [0, 0.05) is 5.02 Å². The highest BCUT2D eigenvalue weighted by atomic mass is 35.5. The molecule has 8 nitrogen and oxygen atoms in total. The van der Waals surface area contributed by atoms with Gasteiger partial charge in [-0.25, -0.2) is 8.42 Å². The third-order valence-electron chi connectivity index (χ3n) is 4.02. The number of carboxylic acids is 1. The van der Waals surface area contributed by atoms with Crippen molar-refractivity contribution in [2.45, 2.75) is 37.9 Å². The minimum absolute atomic E-state index is 0.0304. The topological polar surface area (TPSA) is 105 Å². The molecule has 1 aromatic heterocycles. The van der Waals surface area contributed by atoms with E-state index in [0.717, 1.165) is 4.31 Å². The standard InChI is InChI=1S/C14H15ClN4O4S/c1-8-5-10(15)3-4-12(8)24(22,23)19-7-13-17-16-9(2)18(13)6-11(19)14(20)21/h3-5,11H,6-7H2,1-2H3,(H,20,21). The summed E-state index contributed by atoms with van der Waals surface area (Å²) in [6.07, 6.45) is 0. The van der Waals surface area contributed by atoms with Crippen LogP contribution < -0.4 is 0 Å². The van der Waals surface area contributed by atoms with Crippen molar-refractivity contribution < 1.29 is 18.3 Å². The summed E-state index contributed by atoms with van der Waals surface area (Å²) in [5.41, 5.74) is 0.454. The maximum Gasteiger partial charge on any atom is 0.323 e. The molecule has 2 aromatic rings. The molecule has 1 N–H and O–H groups in total. The van der Waals surface area contributed by atoms with Gasteiger partial charge in [0.2, 0.25) is 10.0 Å². The Balaban J connectivity index is 2.10. The number of rotatable bonds is 3. The molecule has 0 bridgehead atoms. The summed E-state index contributed by atoms with van der Waals surface area (Å²) in [6.45, 7) is 3.13. The van der Waals surface area contributed by atoms with Crippen molar-refractivity contribution in [3.8, 4) is 0 Å². The van der Waals surface area contributed by atoms with Gasteiger partial charge in [-0.05, 0) is 37.6 Å². The summed E-state index contributed by atoms with van der Waals surface area (Å²) in [7, 11) is -4.02. The second-order valence-corrected chi connectivity index (χ2v) is 7.88. The molecule has 10 heteroatoms. The zero-order valence-electron chi connectivity index (χ0n) is 13.0. The first-order valence-electron chi connectivity index (χ1n) is 7.11. The summed E-state index contributed by atoms with van der Waals surface area (Å²) < 4.78 is 28.6. The van der Waals surface area contributed by atoms with Gasteiger partial charge in [-0.1, -0.05) is 11.6 Å². The fourth-order valence-corrected chi connectivity index (χ4v) is 4.74. The Hall–Kier alpha value is -1.97. The van der Waals surface area contributed by atoms with Crippen LogP contribution in [0.4, 0.5) is 0 Å². The molecule has 0 saturated heterocycles. The van der Waals surface area contributed by atoms with Gasteiger partial charge >= 0.3 is 5.97 Å². The van der Waals surface area contributed by atoms with Gasteiger partial charge in [-0.3, -0.25) is 4.79 Å². The van der Waals surface area contributed by atoms with E-state index in [1.807, 2.05) is 0 Å². The predicted molar refractivity (Wildman–Crippen MR) is 85.1 cm³/mol. The van der Waals surface area contributed by atoms with Crippen LogP contribution in [-0.4, -0.2) is 44.6 Å². The number of nitrogens with zero attached hydrogens (tertiary/aromatic N) is 4. The number of hydrogen-bond donors (Lipinski definition) is 1. The lowest BCUT2D eigenvalue weighted by Crippen LogP contribution is -2.50. The van der Waals surface area contributed by atoms with Crippen molar-refractivity contribution >= 4 is 27.6 Å². The number of carboxylic acid groups (broad SMARTS) is 1. The van der Waals surface area contributed by atoms with Gasteiger partial charge in [0.25, 0.3) is 0 Å². The van der Waals surface area contributed by atoms with E-state index < -0.39 is 22.0 Å². The van der Waals surface area contributed by atoms with Crippen LogP contribution >= 0.6 is 11.6 Å². The number of benzene rings is 1.